The first-order valence-electron chi connectivity index (χ1n) is 6.33. The maximum absolute atomic E-state index is 12.6. The summed E-state index contributed by atoms with van der Waals surface area (Å²) in [7, 11) is -3.53. The predicted octanol–water partition coefficient (Wildman–Crippen LogP) is 3.04. The van der Waals surface area contributed by atoms with Crippen molar-refractivity contribution in [1.82, 2.24) is 4.31 Å². The molecular formula is C13H21ClN2O2S. The van der Waals surface area contributed by atoms with Crippen molar-refractivity contribution in [2.24, 2.45) is 0 Å². The second-order valence-electron chi connectivity index (χ2n) is 4.61. The van der Waals surface area contributed by atoms with E-state index in [1.54, 1.807) is 13.0 Å². The second-order valence-corrected chi connectivity index (χ2v) is 6.88. The zero-order valence-electron chi connectivity index (χ0n) is 11.8. The van der Waals surface area contributed by atoms with Crippen LogP contribution in [0, 0.1) is 6.92 Å². The number of hydrogen-bond acceptors (Lipinski definition) is 3. The van der Waals surface area contributed by atoms with E-state index in [4.69, 9.17) is 17.3 Å². The van der Waals surface area contributed by atoms with Gasteiger partial charge in [-0.15, -0.1) is 0 Å². The van der Waals surface area contributed by atoms with Crippen molar-refractivity contribution in [2.45, 2.75) is 45.1 Å². The minimum atomic E-state index is -3.53. The van der Waals surface area contributed by atoms with Gasteiger partial charge in [0.05, 0.1) is 15.6 Å². The molecule has 0 bridgehead atoms. The summed E-state index contributed by atoms with van der Waals surface area (Å²) in [5.41, 5.74) is 6.71. The van der Waals surface area contributed by atoms with Gasteiger partial charge in [0.2, 0.25) is 10.0 Å². The Hall–Kier alpha value is -0.780. The highest BCUT2D eigenvalue weighted by atomic mass is 35.5. The van der Waals surface area contributed by atoms with Gasteiger partial charge < -0.3 is 5.73 Å². The first-order valence-corrected chi connectivity index (χ1v) is 8.14. The van der Waals surface area contributed by atoms with Gasteiger partial charge in [0, 0.05) is 12.6 Å². The fourth-order valence-corrected chi connectivity index (χ4v) is 3.91. The van der Waals surface area contributed by atoms with Crippen molar-refractivity contribution in [2.75, 3.05) is 12.3 Å². The van der Waals surface area contributed by atoms with E-state index in [9.17, 15) is 8.42 Å². The number of nitrogens with two attached hydrogens (primary N) is 1. The molecule has 0 amide bonds. The van der Waals surface area contributed by atoms with Gasteiger partial charge in [-0.25, -0.2) is 8.42 Å². The number of aryl methyl sites for hydroxylation is 1. The predicted molar refractivity (Wildman–Crippen MR) is 79.9 cm³/mol. The van der Waals surface area contributed by atoms with Crippen molar-refractivity contribution in [3.63, 3.8) is 0 Å². The molecule has 0 aliphatic carbocycles. The molecule has 2 N–H and O–H groups in total. The molecule has 19 heavy (non-hydrogen) atoms. The van der Waals surface area contributed by atoms with Crippen molar-refractivity contribution in [3.05, 3.63) is 22.7 Å². The van der Waals surface area contributed by atoms with Crippen LogP contribution >= 0.6 is 11.6 Å². The molecule has 0 saturated carbocycles. The molecule has 4 nitrogen and oxygen atoms in total. The molecular weight excluding hydrogens is 284 g/mol. The van der Waals surface area contributed by atoms with Crippen LogP contribution in [0.1, 0.15) is 32.8 Å². The van der Waals surface area contributed by atoms with Crippen LogP contribution in [0.25, 0.3) is 0 Å². The molecule has 6 heteroatoms. The molecule has 1 atom stereocenters. The highest BCUT2D eigenvalue weighted by Gasteiger charge is 2.27. The third-order valence-corrected chi connectivity index (χ3v) is 5.84. The Morgan fingerprint density at radius 3 is 2.37 bits per heavy atom. The quantitative estimate of drug-likeness (QED) is 0.850. The zero-order valence-corrected chi connectivity index (χ0v) is 13.3. The highest BCUT2D eigenvalue weighted by Crippen LogP contribution is 2.29. The van der Waals surface area contributed by atoms with E-state index in [1.807, 2.05) is 20.8 Å². The normalized spacial score (nSPS) is 13.8. The van der Waals surface area contributed by atoms with Gasteiger partial charge in [0.15, 0.2) is 0 Å². The Morgan fingerprint density at radius 2 is 1.95 bits per heavy atom. The lowest BCUT2D eigenvalue weighted by Gasteiger charge is -2.26. The molecule has 0 saturated heterocycles. The van der Waals surface area contributed by atoms with Gasteiger partial charge in [0.1, 0.15) is 0 Å². The summed E-state index contributed by atoms with van der Waals surface area (Å²) in [5, 5.41) is 0.408. The van der Waals surface area contributed by atoms with Crippen LogP contribution in [-0.2, 0) is 10.0 Å². The molecule has 0 aliphatic heterocycles. The summed E-state index contributed by atoms with van der Waals surface area (Å²) in [5.74, 6) is 0. The van der Waals surface area contributed by atoms with Crippen LogP contribution in [0.15, 0.2) is 17.0 Å². The lowest BCUT2D eigenvalue weighted by Crippen LogP contribution is -2.38. The first-order chi connectivity index (χ1) is 8.75. The second kappa shape index (κ2) is 6.11. The maximum Gasteiger partial charge on any atom is 0.243 e. The van der Waals surface area contributed by atoms with Crippen molar-refractivity contribution < 1.29 is 8.42 Å². The number of nitrogens with zero attached hydrogens (tertiary/aromatic N) is 1. The Balaban J connectivity index is 3.34. The van der Waals surface area contributed by atoms with Gasteiger partial charge in [-0.2, -0.15) is 4.31 Å². The minimum absolute atomic E-state index is 0.0489. The van der Waals surface area contributed by atoms with Crippen LogP contribution < -0.4 is 5.73 Å². The van der Waals surface area contributed by atoms with Crippen molar-refractivity contribution in [3.8, 4) is 0 Å². The van der Waals surface area contributed by atoms with E-state index in [0.717, 1.165) is 6.42 Å². The van der Waals surface area contributed by atoms with Gasteiger partial charge in [0.25, 0.3) is 0 Å². The van der Waals surface area contributed by atoms with Crippen LogP contribution in [0.2, 0.25) is 5.02 Å². The molecule has 0 heterocycles. The molecule has 1 unspecified atom stereocenters. The smallest absolute Gasteiger partial charge is 0.243 e. The SMILES string of the molecule is CCC(C)N(CC)S(=O)(=O)c1cc(C)c(Cl)c(N)c1. The number of rotatable bonds is 5. The summed E-state index contributed by atoms with van der Waals surface area (Å²) in [6, 6.07) is 2.95. The standard InChI is InChI=1S/C13H21ClN2O2S/c1-5-10(4)16(6-2)19(17,18)11-7-9(3)13(14)12(15)8-11/h7-8,10H,5-6,15H2,1-4H3. The van der Waals surface area contributed by atoms with E-state index in [0.29, 0.717) is 22.8 Å². The molecule has 0 radical (unpaired) electrons. The minimum Gasteiger partial charge on any atom is -0.397 e. The van der Waals surface area contributed by atoms with E-state index in [-0.39, 0.29) is 10.9 Å². The lowest BCUT2D eigenvalue weighted by molar-refractivity contribution is 0.342. The van der Waals surface area contributed by atoms with Crippen LogP contribution in [-0.4, -0.2) is 25.3 Å². The third kappa shape index (κ3) is 3.22. The number of anilines is 1. The summed E-state index contributed by atoms with van der Waals surface area (Å²) in [6.45, 7) is 7.86. The highest BCUT2D eigenvalue weighted by molar-refractivity contribution is 7.89. The number of benzene rings is 1. The van der Waals surface area contributed by atoms with Crippen LogP contribution in [0.5, 0.6) is 0 Å². The zero-order chi connectivity index (χ0) is 14.8. The molecule has 0 fully saturated rings. The summed E-state index contributed by atoms with van der Waals surface area (Å²) in [4.78, 5) is 0.203. The van der Waals surface area contributed by atoms with E-state index >= 15 is 0 Å². The lowest BCUT2D eigenvalue weighted by atomic mass is 10.2. The van der Waals surface area contributed by atoms with E-state index in [1.165, 1.54) is 10.4 Å². The third-order valence-electron chi connectivity index (χ3n) is 3.26. The van der Waals surface area contributed by atoms with Crippen LogP contribution in [0.3, 0.4) is 0 Å². The van der Waals surface area contributed by atoms with Gasteiger partial charge in [-0.05, 0) is 38.0 Å². The Labute approximate surface area is 120 Å². The number of hydrogen-bond donors (Lipinski definition) is 1. The van der Waals surface area contributed by atoms with Crippen molar-refractivity contribution in [1.29, 1.82) is 0 Å². The van der Waals surface area contributed by atoms with Gasteiger partial charge in [-0.1, -0.05) is 25.4 Å². The average Bonchev–Trinajstić information content (AvgIpc) is 2.35. The summed E-state index contributed by atoms with van der Waals surface area (Å²) >= 11 is 5.97. The van der Waals surface area contributed by atoms with Gasteiger partial charge >= 0.3 is 0 Å². The fraction of sp³-hybridized carbons (Fsp3) is 0.538. The molecule has 1 rings (SSSR count). The van der Waals surface area contributed by atoms with E-state index < -0.39 is 10.0 Å². The molecule has 108 valence electrons. The molecule has 0 aromatic heterocycles. The van der Waals surface area contributed by atoms with Crippen molar-refractivity contribution >= 4 is 27.3 Å². The van der Waals surface area contributed by atoms with E-state index in [2.05, 4.69) is 0 Å². The average molecular weight is 305 g/mol. The molecule has 1 aromatic rings. The topological polar surface area (TPSA) is 63.4 Å². The number of halogens is 1. The first kappa shape index (κ1) is 16.3. The summed E-state index contributed by atoms with van der Waals surface area (Å²) < 4.78 is 26.7. The largest absolute Gasteiger partial charge is 0.397 e. The Bertz CT molecular complexity index is 535. The Kier molecular flexibility index (Phi) is 5.24. The molecule has 0 aliphatic rings. The summed E-state index contributed by atoms with van der Waals surface area (Å²) in [6.07, 6.45) is 0.759. The Morgan fingerprint density at radius 1 is 1.37 bits per heavy atom. The number of sulfonamides is 1. The van der Waals surface area contributed by atoms with Gasteiger partial charge in [-0.3, -0.25) is 0 Å². The maximum atomic E-state index is 12.6. The molecule has 0 spiro atoms. The number of nitrogen functional groups attached to an aromatic ring is 1. The van der Waals surface area contributed by atoms with Crippen LogP contribution in [0.4, 0.5) is 5.69 Å². The monoisotopic (exact) mass is 304 g/mol. The fourth-order valence-electron chi connectivity index (χ4n) is 1.97. The molecule has 1 aromatic carbocycles.